The first-order chi connectivity index (χ1) is 14.0. The van der Waals surface area contributed by atoms with Crippen molar-refractivity contribution in [2.75, 3.05) is 17.7 Å². The molecule has 3 rings (SSSR count). The van der Waals surface area contributed by atoms with Gasteiger partial charge < -0.3 is 14.5 Å². The van der Waals surface area contributed by atoms with Crippen LogP contribution in [0.1, 0.15) is 12.3 Å². The molecular formula is C19H16Cl3N3O3S. The van der Waals surface area contributed by atoms with E-state index >= 15 is 0 Å². The molecule has 1 aromatic heterocycles. The fourth-order valence-electron chi connectivity index (χ4n) is 2.29. The van der Waals surface area contributed by atoms with Crippen LogP contribution in [0.4, 0.5) is 5.69 Å². The van der Waals surface area contributed by atoms with Gasteiger partial charge in [0.15, 0.2) is 0 Å². The number of halogens is 3. The average Bonchev–Trinajstić information content (AvgIpc) is 3.13. The van der Waals surface area contributed by atoms with Crippen molar-refractivity contribution in [1.82, 2.24) is 10.2 Å². The number of aromatic nitrogens is 2. The van der Waals surface area contributed by atoms with Crippen LogP contribution >= 0.6 is 46.6 Å². The third-order valence-electron chi connectivity index (χ3n) is 3.57. The maximum absolute atomic E-state index is 12.0. The van der Waals surface area contributed by atoms with Gasteiger partial charge in [0.05, 0.1) is 17.4 Å². The molecule has 0 spiro atoms. The first-order valence-corrected chi connectivity index (χ1v) is 10.7. The van der Waals surface area contributed by atoms with E-state index in [-0.39, 0.29) is 11.7 Å². The zero-order valence-corrected chi connectivity index (χ0v) is 18.1. The Balaban J connectivity index is 1.38. The number of rotatable bonds is 9. The van der Waals surface area contributed by atoms with E-state index in [0.29, 0.717) is 57.1 Å². The number of carbonyl (C=O) groups is 1. The molecule has 0 atom stereocenters. The van der Waals surface area contributed by atoms with Gasteiger partial charge in [0.25, 0.3) is 5.22 Å². The van der Waals surface area contributed by atoms with E-state index in [1.165, 1.54) is 11.8 Å². The zero-order valence-electron chi connectivity index (χ0n) is 15.0. The van der Waals surface area contributed by atoms with Gasteiger partial charge in [-0.15, -0.1) is 10.2 Å². The molecule has 0 saturated heterocycles. The van der Waals surface area contributed by atoms with Crippen LogP contribution < -0.4 is 10.1 Å². The smallest absolute Gasteiger partial charge is 0.277 e. The van der Waals surface area contributed by atoms with E-state index in [4.69, 9.17) is 44.0 Å². The molecule has 0 saturated carbocycles. The highest BCUT2D eigenvalue weighted by Gasteiger charge is 2.10. The molecule has 6 nitrogen and oxygen atoms in total. The lowest BCUT2D eigenvalue weighted by Gasteiger charge is -2.07. The third-order valence-corrected chi connectivity index (χ3v) is 5.15. The van der Waals surface area contributed by atoms with E-state index in [0.717, 1.165) is 0 Å². The van der Waals surface area contributed by atoms with Gasteiger partial charge in [0, 0.05) is 22.2 Å². The normalized spacial score (nSPS) is 10.7. The molecule has 10 heteroatoms. The monoisotopic (exact) mass is 471 g/mol. The summed E-state index contributed by atoms with van der Waals surface area (Å²) in [6, 6.07) is 12.0. The number of ether oxygens (including phenoxy) is 1. The van der Waals surface area contributed by atoms with Crippen LogP contribution in [0.15, 0.2) is 52.1 Å². The number of benzene rings is 2. The molecular weight excluding hydrogens is 457 g/mol. The topological polar surface area (TPSA) is 77.2 Å². The van der Waals surface area contributed by atoms with Crippen molar-refractivity contribution in [1.29, 1.82) is 0 Å². The molecule has 0 aliphatic rings. The summed E-state index contributed by atoms with van der Waals surface area (Å²) in [5.74, 6) is 1.01. The summed E-state index contributed by atoms with van der Waals surface area (Å²) >= 11 is 19.0. The van der Waals surface area contributed by atoms with Gasteiger partial charge in [-0.3, -0.25) is 4.79 Å². The predicted octanol–water partition coefficient (Wildman–Crippen LogP) is 5.77. The van der Waals surface area contributed by atoms with Crippen molar-refractivity contribution in [2.24, 2.45) is 0 Å². The number of nitrogens with zero attached hydrogens (tertiary/aromatic N) is 2. The van der Waals surface area contributed by atoms with Crippen molar-refractivity contribution in [3.8, 4) is 5.75 Å². The highest BCUT2D eigenvalue weighted by Crippen LogP contribution is 2.27. The first kappa shape index (κ1) is 21.8. The van der Waals surface area contributed by atoms with E-state index < -0.39 is 0 Å². The first-order valence-electron chi connectivity index (χ1n) is 8.58. The van der Waals surface area contributed by atoms with Crippen LogP contribution in [0.25, 0.3) is 0 Å². The van der Waals surface area contributed by atoms with Crippen LogP contribution in [-0.4, -0.2) is 28.5 Å². The lowest BCUT2D eigenvalue weighted by molar-refractivity contribution is -0.113. The Morgan fingerprint density at radius 3 is 2.72 bits per heavy atom. The number of aryl methyl sites for hydroxylation is 1. The standard InChI is InChI=1S/C19H16Cl3N3O3S/c20-12-3-1-4-14(9-12)23-17(26)11-29-19-25-24-18(28-19)5-2-8-27-16-7-6-13(21)10-15(16)22/h1,3-4,6-7,9-10H,2,5,8,11H2,(H,23,26). The molecule has 1 heterocycles. The number of hydrogen-bond acceptors (Lipinski definition) is 6. The largest absolute Gasteiger partial charge is 0.492 e. The Morgan fingerprint density at radius 2 is 1.93 bits per heavy atom. The second-order valence-corrected chi connectivity index (χ2v) is 8.04. The minimum absolute atomic E-state index is 0.145. The molecule has 0 bridgehead atoms. The number of carbonyl (C=O) groups excluding carboxylic acids is 1. The lowest BCUT2D eigenvalue weighted by atomic mass is 10.3. The summed E-state index contributed by atoms with van der Waals surface area (Å²) in [5.41, 5.74) is 0.634. The Kier molecular flexibility index (Phi) is 8.06. The SMILES string of the molecule is O=C(CSc1nnc(CCCOc2ccc(Cl)cc2Cl)o1)Nc1cccc(Cl)c1. The Hall–Kier alpha value is -1.93. The van der Waals surface area contributed by atoms with Crippen molar-refractivity contribution < 1.29 is 13.9 Å². The molecule has 0 aliphatic heterocycles. The molecule has 29 heavy (non-hydrogen) atoms. The summed E-state index contributed by atoms with van der Waals surface area (Å²) in [7, 11) is 0. The summed E-state index contributed by atoms with van der Waals surface area (Å²) < 4.78 is 11.2. The van der Waals surface area contributed by atoms with Gasteiger partial charge in [0.1, 0.15) is 5.75 Å². The average molecular weight is 473 g/mol. The highest BCUT2D eigenvalue weighted by molar-refractivity contribution is 7.99. The van der Waals surface area contributed by atoms with Crippen LogP contribution in [0, 0.1) is 0 Å². The molecule has 0 fully saturated rings. The zero-order chi connectivity index (χ0) is 20.6. The van der Waals surface area contributed by atoms with Crippen molar-refractivity contribution in [2.45, 2.75) is 18.1 Å². The van der Waals surface area contributed by atoms with Gasteiger partial charge in [-0.1, -0.05) is 52.6 Å². The predicted molar refractivity (Wildman–Crippen MR) is 115 cm³/mol. The number of thioether (sulfide) groups is 1. The van der Waals surface area contributed by atoms with Crippen molar-refractivity contribution >= 4 is 58.2 Å². The number of nitrogens with one attached hydrogen (secondary N) is 1. The van der Waals surface area contributed by atoms with E-state index in [1.807, 2.05) is 0 Å². The Bertz CT molecular complexity index is 984. The van der Waals surface area contributed by atoms with Crippen molar-refractivity contribution in [3.05, 3.63) is 63.4 Å². The van der Waals surface area contributed by atoms with Gasteiger partial charge in [-0.2, -0.15) is 0 Å². The van der Waals surface area contributed by atoms with E-state index in [1.54, 1.807) is 42.5 Å². The van der Waals surface area contributed by atoms with E-state index in [9.17, 15) is 4.79 Å². The summed E-state index contributed by atoms with van der Waals surface area (Å²) in [5, 5.41) is 12.6. The third kappa shape index (κ3) is 7.12. The Morgan fingerprint density at radius 1 is 1.10 bits per heavy atom. The van der Waals surface area contributed by atoms with Crippen molar-refractivity contribution in [3.63, 3.8) is 0 Å². The molecule has 152 valence electrons. The molecule has 3 aromatic rings. The minimum atomic E-state index is -0.190. The maximum atomic E-state index is 12.0. The molecule has 0 aliphatic carbocycles. The highest BCUT2D eigenvalue weighted by atomic mass is 35.5. The number of amides is 1. The van der Waals surface area contributed by atoms with Crippen LogP contribution in [0.3, 0.4) is 0 Å². The van der Waals surface area contributed by atoms with Gasteiger partial charge in [0.2, 0.25) is 11.8 Å². The van der Waals surface area contributed by atoms with Gasteiger partial charge in [-0.05, 0) is 42.8 Å². The molecule has 0 unspecified atom stereocenters. The number of anilines is 1. The maximum Gasteiger partial charge on any atom is 0.277 e. The minimum Gasteiger partial charge on any atom is -0.492 e. The van der Waals surface area contributed by atoms with Crippen LogP contribution in [0.5, 0.6) is 5.75 Å². The Labute approximate surface area is 186 Å². The molecule has 0 radical (unpaired) electrons. The number of hydrogen-bond donors (Lipinski definition) is 1. The summed E-state index contributed by atoms with van der Waals surface area (Å²) in [4.78, 5) is 12.0. The second kappa shape index (κ2) is 10.7. The fourth-order valence-corrected chi connectivity index (χ4v) is 3.52. The van der Waals surface area contributed by atoms with Gasteiger partial charge >= 0.3 is 0 Å². The van der Waals surface area contributed by atoms with Gasteiger partial charge in [-0.25, -0.2) is 0 Å². The lowest BCUT2D eigenvalue weighted by Crippen LogP contribution is -2.13. The summed E-state index contributed by atoms with van der Waals surface area (Å²) in [6.45, 7) is 0.439. The van der Waals surface area contributed by atoms with Crippen LogP contribution in [-0.2, 0) is 11.2 Å². The van der Waals surface area contributed by atoms with Crippen LogP contribution in [0.2, 0.25) is 15.1 Å². The molecule has 1 amide bonds. The second-order valence-electron chi connectivity index (χ2n) is 5.84. The van der Waals surface area contributed by atoms with E-state index in [2.05, 4.69) is 15.5 Å². The quantitative estimate of drug-likeness (QED) is 0.314. The summed E-state index contributed by atoms with van der Waals surface area (Å²) in [6.07, 6.45) is 1.22. The molecule has 2 aromatic carbocycles. The molecule has 1 N–H and O–H groups in total. The fraction of sp³-hybridized carbons (Fsp3) is 0.211.